The highest BCUT2D eigenvalue weighted by molar-refractivity contribution is 5.91. The van der Waals surface area contributed by atoms with Crippen molar-refractivity contribution < 1.29 is 22.8 Å². The molecule has 0 saturated carbocycles. The Hall–Kier alpha value is -2.88. The van der Waals surface area contributed by atoms with Crippen molar-refractivity contribution >= 4 is 11.9 Å². The van der Waals surface area contributed by atoms with Crippen molar-refractivity contribution in [2.75, 3.05) is 13.6 Å². The number of hydrogen-bond donors (Lipinski definition) is 1. The molecule has 1 aromatic heterocycles. The number of primary amides is 1. The molecule has 10 heteroatoms. The van der Waals surface area contributed by atoms with Gasteiger partial charge in [-0.2, -0.15) is 23.0 Å². The Labute approximate surface area is 172 Å². The summed E-state index contributed by atoms with van der Waals surface area (Å²) >= 11 is 0. The van der Waals surface area contributed by atoms with Gasteiger partial charge in [-0.1, -0.05) is 18.2 Å². The lowest BCUT2D eigenvalue weighted by atomic mass is 9.97. The van der Waals surface area contributed by atoms with Gasteiger partial charge in [0.2, 0.25) is 0 Å². The number of likely N-dealkylation sites (tertiary alicyclic amines) is 1. The highest BCUT2D eigenvalue weighted by atomic mass is 19.4. The fourth-order valence-electron chi connectivity index (χ4n) is 3.79. The van der Waals surface area contributed by atoms with E-state index in [0.29, 0.717) is 31.5 Å². The zero-order valence-electron chi connectivity index (χ0n) is 16.8. The largest absolute Gasteiger partial charge is 0.416 e. The number of carbonyl (C=O) groups excluding carboxylic acids is 2. The first-order valence-corrected chi connectivity index (χ1v) is 9.59. The van der Waals surface area contributed by atoms with Crippen LogP contribution in [0.4, 0.5) is 18.0 Å². The van der Waals surface area contributed by atoms with Crippen LogP contribution in [0.3, 0.4) is 0 Å². The summed E-state index contributed by atoms with van der Waals surface area (Å²) in [6, 6.07) is 6.41. The first kappa shape index (κ1) is 21.8. The lowest BCUT2D eigenvalue weighted by Crippen LogP contribution is -2.51. The van der Waals surface area contributed by atoms with Gasteiger partial charge in [-0.3, -0.25) is 9.69 Å². The first-order valence-electron chi connectivity index (χ1n) is 9.59. The van der Waals surface area contributed by atoms with Crippen molar-refractivity contribution in [2.24, 2.45) is 5.73 Å². The lowest BCUT2D eigenvalue weighted by molar-refractivity contribution is -0.137. The van der Waals surface area contributed by atoms with Crippen LogP contribution in [0.5, 0.6) is 0 Å². The summed E-state index contributed by atoms with van der Waals surface area (Å²) < 4.78 is 39.9. The molecule has 1 fully saturated rings. The summed E-state index contributed by atoms with van der Waals surface area (Å²) in [6.07, 6.45) is -1.61. The third-order valence-corrected chi connectivity index (χ3v) is 5.44. The number of halogens is 3. The van der Waals surface area contributed by atoms with Crippen molar-refractivity contribution in [3.05, 3.63) is 53.3 Å². The normalized spacial score (nSPS) is 19.9. The predicted molar refractivity (Wildman–Crippen MR) is 104 cm³/mol. The van der Waals surface area contributed by atoms with E-state index in [2.05, 4.69) is 5.10 Å². The smallest absolute Gasteiger partial charge is 0.364 e. The maximum Gasteiger partial charge on any atom is 0.416 e. The summed E-state index contributed by atoms with van der Waals surface area (Å²) in [4.78, 5) is 27.6. The number of hydrogen-bond acceptors (Lipinski definition) is 4. The van der Waals surface area contributed by atoms with Crippen LogP contribution in [0, 0.1) is 0 Å². The minimum absolute atomic E-state index is 0.0201. The molecule has 2 amide bonds. The third kappa shape index (κ3) is 4.81. The maximum atomic E-state index is 12.9. The van der Waals surface area contributed by atoms with Gasteiger partial charge < -0.3 is 10.6 Å². The van der Waals surface area contributed by atoms with Gasteiger partial charge in [0.1, 0.15) is 0 Å². The van der Waals surface area contributed by atoms with Crippen LogP contribution >= 0.6 is 0 Å². The quantitative estimate of drug-likeness (QED) is 0.820. The van der Waals surface area contributed by atoms with Gasteiger partial charge in [-0.25, -0.2) is 4.79 Å². The molecule has 2 aromatic rings. The van der Waals surface area contributed by atoms with Crippen LogP contribution in [-0.2, 0) is 12.7 Å². The monoisotopic (exact) mass is 423 g/mol. The summed E-state index contributed by atoms with van der Waals surface area (Å²) in [6.45, 7) is 2.78. The Morgan fingerprint density at radius 3 is 2.63 bits per heavy atom. The Morgan fingerprint density at radius 2 is 2.03 bits per heavy atom. The molecule has 3 rings (SSSR count). The van der Waals surface area contributed by atoms with Gasteiger partial charge in [0.25, 0.3) is 5.91 Å². The van der Waals surface area contributed by atoms with Gasteiger partial charge in [-0.05, 0) is 44.5 Å². The summed E-state index contributed by atoms with van der Waals surface area (Å²) in [5, 5.41) is 3.91. The average Bonchev–Trinajstić information content (AvgIpc) is 3.17. The molecule has 0 aliphatic carbocycles. The SMILES string of the molecule is C[C@H]1C[C@H](N(C)Cc2cccc(C(F)(F)F)c2)CCN1C(=O)n1ccc(C(N)=O)n1. The van der Waals surface area contributed by atoms with Gasteiger partial charge >= 0.3 is 12.2 Å². The molecular formula is C20H24F3N5O2. The van der Waals surface area contributed by atoms with E-state index in [1.54, 1.807) is 11.0 Å². The van der Waals surface area contributed by atoms with E-state index in [-0.39, 0.29) is 23.8 Å². The third-order valence-electron chi connectivity index (χ3n) is 5.44. The second-order valence-corrected chi connectivity index (χ2v) is 7.63. The molecule has 1 aliphatic heterocycles. The molecule has 162 valence electrons. The number of benzene rings is 1. The maximum absolute atomic E-state index is 12.9. The van der Waals surface area contributed by atoms with E-state index in [1.165, 1.54) is 24.4 Å². The zero-order valence-corrected chi connectivity index (χ0v) is 16.8. The van der Waals surface area contributed by atoms with Crippen LogP contribution in [0.1, 0.15) is 41.4 Å². The molecule has 0 unspecified atom stereocenters. The van der Waals surface area contributed by atoms with Crippen LogP contribution in [0.2, 0.25) is 0 Å². The fraction of sp³-hybridized carbons (Fsp3) is 0.450. The predicted octanol–water partition coefficient (Wildman–Crippen LogP) is 2.95. The summed E-state index contributed by atoms with van der Waals surface area (Å²) in [7, 11) is 1.88. The van der Waals surface area contributed by atoms with E-state index in [4.69, 9.17) is 5.73 Å². The molecule has 1 saturated heterocycles. The Morgan fingerprint density at radius 1 is 1.30 bits per heavy atom. The second-order valence-electron chi connectivity index (χ2n) is 7.63. The highest BCUT2D eigenvalue weighted by Gasteiger charge is 2.33. The summed E-state index contributed by atoms with van der Waals surface area (Å²) in [5.41, 5.74) is 5.13. The molecular weight excluding hydrogens is 399 g/mol. The molecule has 1 aromatic carbocycles. The molecule has 0 radical (unpaired) electrons. The molecule has 1 aliphatic rings. The van der Waals surface area contributed by atoms with Crippen molar-refractivity contribution in [3.63, 3.8) is 0 Å². The molecule has 2 heterocycles. The van der Waals surface area contributed by atoms with E-state index in [1.807, 2.05) is 18.9 Å². The number of nitrogens with two attached hydrogens (primary N) is 1. The molecule has 2 N–H and O–H groups in total. The van der Waals surface area contributed by atoms with Crippen LogP contribution < -0.4 is 5.73 Å². The average molecular weight is 423 g/mol. The number of piperidine rings is 1. The van der Waals surface area contributed by atoms with Gasteiger partial charge in [0.15, 0.2) is 5.69 Å². The Kier molecular flexibility index (Phi) is 6.16. The van der Waals surface area contributed by atoms with Crippen LogP contribution in [0.15, 0.2) is 36.5 Å². The minimum atomic E-state index is -4.37. The molecule has 0 bridgehead atoms. The number of rotatable bonds is 4. The van der Waals surface area contributed by atoms with Crippen LogP contribution in [-0.4, -0.2) is 57.2 Å². The Bertz CT molecular complexity index is 927. The van der Waals surface area contributed by atoms with Gasteiger partial charge in [-0.15, -0.1) is 0 Å². The van der Waals surface area contributed by atoms with E-state index >= 15 is 0 Å². The topological polar surface area (TPSA) is 84.5 Å². The standard InChI is InChI=1S/C20H24F3N5O2/c1-13-10-16(26(2)12-14-4-3-5-15(11-14)20(21,22)23)6-8-27(13)19(30)28-9-7-17(25-28)18(24)29/h3-5,7,9,11,13,16H,6,8,10,12H2,1-2H3,(H2,24,29)/t13-,16+/m0/s1. The van der Waals surface area contributed by atoms with Gasteiger partial charge in [0.05, 0.1) is 5.56 Å². The lowest BCUT2D eigenvalue weighted by Gasteiger charge is -2.40. The van der Waals surface area contributed by atoms with Gasteiger partial charge in [0, 0.05) is 31.4 Å². The molecule has 2 atom stereocenters. The first-order chi connectivity index (χ1) is 14.1. The summed E-state index contributed by atoms with van der Waals surface area (Å²) in [5.74, 6) is -0.704. The molecule has 0 spiro atoms. The van der Waals surface area contributed by atoms with E-state index in [0.717, 1.165) is 10.7 Å². The second kappa shape index (κ2) is 8.47. The number of carbonyl (C=O) groups is 2. The van der Waals surface area contributed by atoms with E-state index in [9.17, 15) is 22.8 Å². The fourth-order valence-corrected chi connectivity index (χ4v) is 3.79. The number of amides is 2. The van der Waals surface area contributed by atoms with Crippen molar-refractivity contribution in [1.29, 1.82) is 0 Å². The van der Waals surface area contributed by atoms with E-state index < -0.39 is 17.6 Å². The highest BCUT2D eigenvalue weighted by Crippen LogP contribution is 2.30. The zero-order chi connectivity index (χ0) is 22.1. The van der Waals surface area contributed by atoms with Crippen molar-refractivity contribution in [2.45, 2.75) is 44.6 Å². The molecule has 30 heavy (non-hydrogen) atoms. The Balaban J connectivity index is 1.62. The van der Waals surface area contributed by atoms with Crippen molar-refractivity contribution in [3.8, 4) is 0 Å². The molecule has 7 nitrogen and oxygen atoms in total. The van der Waals surface area contributed by atoms with Crippen LogP contribution in [0.25, 0.3) is 0 Å². The number of alkyl halides is 3. The number of nitrogens with zero attached hydrogens (tertiary/aromatic N) is 4. The minimum Gasteiger partial charge on any atom is -0.364 e. The number of aromatic nitrogens is 2. The van der Waals surface area contributed by atoms with Crippen molar-refractivity contribution in [1.82, 2.24) is 19.6 Å².